The Bertz CT molecular complexity index is 1010. The fourth-order valence-electron chi connectivity index (χ4n) is 2.62. The number of nitrogen functional groups attached to an aromatic ring is 1. The summed E-state index contributed by atoms with van der Waals surface area (Å²) in [7, 11) is 1.89. The van der Waals surface area contributed by atoms with Crippen LogP contribution in [0, 0.1) is 6.92 Å². The van der Waals surface area contributed by atoms with Crippen LogP contribution in [0.5, 0.6) is 0 Å². The first-order chi connectivity index (χ1) is 11.1. The number of nitrogens with one attached hydrogen (secondary N) is 1. The Hall–Kier alpha value is -3.22. The van der Waals surface area contributed by atoms with Crippen LogP contribution in [-0.4, -0.2) is 29.7 Å². The summed E-state index contributed by atoms with van der Waals surface area (Å²) in [6, 6.07) is 9.72. The van der Waals surface area contributed by atoms with Crippen molar-refractivity contribution in [1.82, 2.24) is 29.7 Å². The smallest absolute Gasteiger partial charge is 0.198 e. The average molecular weight is 305 g/mol. The molecule has 0 aliphatic carbocycles. The minimum Gasteiger partial charge on any atom is -0.369 e. The number of aromatic amines is 1. The molecule has 0 fully saturated rings. The summed E-state index contributed by atoms with van der Waals surface area (Å²) in [6.07, 6.45) is 1.74. The molecule has 114 valence electrons. The highest BCUT2D eigenvalue weighted by Crippen LogP contribution is 2.29. The van der Waals surface area contributed by atoms with Crippen LogP contribution in [-0.2, 0) is 7.05 Å². The Balaban J connectivity index is 1.91. The highest BCUT2D eigenvalue weighted by molar-refractivity contribution is 5.82. The van der Waals surface area contributed by atoms with Crippen molar-refractivity contribution in [3.05, 3.63) is 42.2 Å². The standard InChI is InChI=1S/C16H15N7/c1-9-4-3-5-10(19-9)14-15(22-16(17)21-14)11-6-7-13-12(20-11)8-18-23(13)2/h3-8H,1-2H3,(H3,17,21,22). The predicted molar refractivity (Wildman–Crippen MR) is 88.5 cm³/mol. The maximum absolute atomic E-state index is 5.87. The van der Waals surface area contributed by atoms with E-state index in [0.29, 0.717) is 11.6 Å². The molecule has 3 N–H and O–H groups in total. The first kappa shape index (κ1) is 13.4. The number of anilines is 1. The maximum Gasteiger partial charge on any atom is 0.198 e. The number of aryl methyl sites for hydroxylation is 2. The average Bonchev–Trinajstić information content (AvgIpc) is 3.10. The fourth-order valence-corrected chi connectivity index (χ4v) is 2.62. The molecule has 0 spiro atoms. The highest BCUT2D eigenvalue weighted by Gasteiger charge is 2.16. The van der Waals surface area contributed by atoms with Gasteiger partial charge in [-0.25, -0.2) is 9.97 Å². The molecule has 0 atom stereocenters. The van der Waals surface area contributed by atoms with Crippen LogP contribution in [0.15, 0.2) is 36.5 Å². The van der Waals surface area contributed by atoms with Gasteiger partial charge in [0.05, 0.1) is 28.8 Å². The Morgan fingerprint density at radius 2 is 1.91 bits per heavy atom. The molecule has 0 aromatic carbocycles. The number of nitrogens with two attached hydrogens (primary N) is 1. The lowest BCUT2D eigenvalue weighted by atomic mass is 10.1. The molecule has 4 heterocycles. The van der Waals surface area contributed by atoms with Crippen molar-refractivity contribution in [3.8, 4) is 22.8 Å². The molecule has 0 unspecified atom stereocenters. The van der Waals surface area contributed by atoms with E-state index in [0.717, 1.165) is 33.8 Å². The van der Waals surface area contributed by atoms with E-state index in [1.807, 2.05) is 44.3 Å². The number of nitrogens with zero attached hydrogens (tertiary/aromatic N) is 5. The van der Waals surface area contributed by atoms with Gasteiger partial charge < -0.3 is 10.7 Å². The van der Waals surface area contributed by atoms with E-state index in [2.05, 4.69) is 25.0 Å². The number of pyridine rings is 2. The van der Waals surface area contributed by atoms with E-state index in [1.165, 1.54) is 0 Å². The van der Waals surface area contributed by atoms with Gasteiger partial charge >= 0.3 is 0 Å². The van der Waals surface area contributed by atoms with Gasteiger partial charge in [0.2, 0.25) is 0 Å². The third-order valence-electron chi connectivity index (χ3n) is 3.71. The lowest BCUT2D eigenvalue weighted by Crippen LogP contribution is -1.92. The molecule has 4 aromatic heterocycles. The summed E-state index contributed by atoms with van der Waals surface area (Å²) < 4.78 is 1.79. The van der Waals surface area contributed by atoms with Crippen LogP contribution in [0.3, 0.4) is 0 Å². The van der Waals surface area contributed by atoms with Crippen molar-refractivity contribution < 1.29 is 0 Å². The fraction of sp³-hybridized carbons (Fsp3) is 0.125. The Morgan fingerprint density at radius 3 is 2.74 bits per heavy atom. The number of H-pyrrole nitrogens is 1. The summed E-state index contributed by atoms with van der Waals surface area (Å²) in [6.45, 7) is 1.95. The van der Waals surface area contributed by atoms with E-state index in [4.69, 9.17) is 5.73 Å². The number of imidazole rings is 1. The summed E-state index contributed by atoms with van der Waals surface area (Å²) >= 11 is 0. The molecule has 7 nitrogen and oxygen atoms in total. The second-order valence-electron chi connectivity index (χ2n) is 5.38. The second-order valence-corrected chi connectivity index (χ2v) is 5.38. The molecular weight excluding hydrogens is 290 g/mol. The van der Waals surface area contributed by atoms with Crippen molar-refractivity contribution in [2.75, 3.05) is 5.73 Å². The second kappa shape index (κ2) is 4.91. The molecular formula is C16H15N7. The first-order valence-electron chi connectivity index (χ1n) is 7.20. The summed E-state index contributed by atoms with van der Waals surface area (Å²) in [5.41, 5.74) is 11.6. The molecule has 7 heteroatoms. The zero-order valence-corrected chi connectivity index (χ0v) is 12.8. The first-order valence-corrected chi connectivity index (χ1v) is 7.20. The molecule has 0 aliphatic rings. The third kappa shape index (κ3) is 2.22. The monoisotopic (exact) mass is 305 g/mol. The molecule has 0 saturated heterocycles. The Morgan fingerprint density at radius 1 is 1.04 bits per heavy atom. The van der Waals surface area contributed by atoms with Crippen LogP contribution in [0.25, 0.3) is 33.8 Å². The number of hydrogen-bond donors (Lipinski definition) is 2. The number of rotatable bonds is 2. The largest absolute Gasteiger partial charge is 0.369 e. The van der Waals surface area contributed by atoms with Crippen molar-refractivity contribution in [2.45, 2.75) is 6.92 Å². The van der Waals surface area contributed by atoms with Crippen molar-refractivity contribution in [2.24, 2.45) is 7.05 Å². The summed E-state index contributed by atoms with van der Waals surface area (Å²) in [5, 5.41) is 4.22. The van der Waals surface area contributed by atoms with Crippen LogP contribution in [0.2, 0.25) is 0 Å². The molecule has 0 saturated carbocycles. The van der Waals surface area contributed by atoms with Gasteiger partial charge in [-0.2, -0.15) is 5.10 Å². The zero-order chi connectivity index (χ0) is 16.0. The summed E-state index contributed by atoms with van der Waals surface area (Å²) in [5.74, 6) is 0.339. The van der Waals surface area contributed by atoms with Crippen LogP contribution in [0.4, 0.5) is 5.95 Å². The maximum atomic E-state index is 5.87. The van der Waals surface area contributed by atoms with Crippen LogP contribution < -0.4 is 5.73 Å². The van der Waals surface area contributed by atoms with Gasteiger partial charge in [-0.05, 0) is 31.2 Å². The van der Waals surface area contributed by atoms with Gasteiger partial charge in [-0.3, -0.25) is 9.67 Å². The summed E-state index contributed by atoms with van der Waals surface area (Å²) in [4.78, 5) is 16.7. The molecule has 0 aliphatic heterocycles. The number of aromatic nitrogens is 6. The minimum atomic E-state index is 0.339. The van der Waals surface area contributed by atoms with Gasteiger partial charge in [0.25, 0.3) is 0 Å². The molecule has 4 rings (SSSR count). The highest BCUT2D eigenvalue weighted by atomic mass is 15.3. The predicted octanol–water partition coefficient (Wildman–Crippen LogP) is 2.31. The van der Waals surface area contributed by atoms with Crippen molar-refractivity contribution >= 4 is 17.0 Å². The van der Waals surface area contributed by atoms with E-state index in [-0.39, 0.29) is 0 Å². The molecule has 4 aromatic rings. The lowest BCUT2D eigenvalue weighted by Gasteiger charge is -2.03. The molecule has 0 radical (unpaired) electrons. The molecule has 0 amide bonds. The lowest BCUT2D eigenvalue weighted by molar-refractivity contribution is 0.797. The van der Waals surface area contributed by atoms with Gasteiger partial charge in [-0.15, -0.1) is 0 Å². The number of hydrogen-bond acceptors (Lipinski definition) is 5. The molecule has 0 bridgehead atoms. The normalized spacial score (nSPS) is 11.2. The van der Waals surface area contributed by atoms with Gasteiger partial charge in [-0.1, -0.05) is 6.07 Å². The third-order valence-corrected chi connectivity index (χ3v) is 3.71. The molecule has 23 heavy (non-hydrogen) atoms. The van der Waals surface area contributed by atoms with Crippen LogP contribution in [0.1, 0.15) is 5.69 Å². The minimum absolute atomic E-state index is 0.339. The van der Waals surface area contributed by atoms with Crippen molar-refractivity contribution in [3.63, 3.8) is 0 Å². The van der Waals surface area contributed by atoms with E-state index < -0.39 is 0 Å². The number of fused-ring (bicyclic) bond motifs is 1. The van der Waals surface area contributed by atoms with Gasteiger partial charge in [0, 0.05) is 12.7 Å². The SMILES string of the molecule is Cc1cccc(-c2[nH]c(N)nc2-c2ccc3c(cnn3C)n2)n1. The quantitative estimate of drug-likeness (QED) is 0.592. The Labute approximate surface area is 132 Å². The Kier molecular flexibility index (Phi) is 2.87. The van der Waals surface area contributed by atoms with E-state index in [9.17, 15) is 0 Å². The van der Waals surface area contributed by atoms with Gasteiger partial charge in [0.1, 0.15) is 11.2 Å². The van der Waals surface area contributed by atoms with Crippen molar-refractivity contribution in [1.29, 1.82) is 0 Å². The topological polar surface area (TPSA) is 98.3 Å². The van der Waals surface area contributed by atoms with Gasteiger partial charge in [0.15, 0.2) is 5.95 Å². The van der Waals surface area contributed by atoms with Crippen LogP contribution >= 0.6 is 0 Å². The van der Waals surface area contributed by atoms with E-state index >= 15 is 0 Å². The zero-order valence-electron chi connectivity index (χ0n) is 12.8. The van der Waals surface area contributed by atoms with E-state index in [1.54, 1.807) is 10.9 Å².